The summed E-state index contributed by atoms with van der Waals surface area (Å²) in [7, 11) is 0. The lowest BCUT2D eigenvalue weighted by atomic mass is 9.62. The highest BCUT2D eigenvalue weighted by atomic mass is 14.9. The lowest BCUT2D eigenvalue weighted by Gasteiger charge is -2.43. The fourth-order valence-corrected chi connectivity index (χ4v) is 6.23. The van der Waals surface area contributed by atoms with Gasteiger partial charge in [-0.15, -0.1) is 0 Å². The number of hydrogen-bond acceptors (Lipinski definition) is 1. The summed E-state index contributed by atoms with van der Waals surface area (Å²) in [6.45, 7) is 4.28. The van der Waals surface area contributed by atoms with Gasteiger partial charge in [-0.25, -0.2) is 0 Å². The Hall–Kier alpha value is -4.88. The molecule has 7 rings (SSSR count). The van der Waals surface area contributed by atoms with Crippen molar-refractivity contribution in [3.05, 3.63) is 179 Å². The Morgan fingerprint density at radius 1 is 0.400 bits per heavy atom. The molecule has 40 heavy (non-hydrogen) atoms. The summed E-state index contributed by atoms with van der Waals surface area (Å²) in [5.74, 6) is 0. The van der Waals surface area contributed by atoms with Gasteiger partial charge in [0.25, 0.3) is 0 Å². The van der Waals surface area contributed by atoms with Crippen molar-refractivity contribution >= 4 is 11.4 Å². The maximum Gasteiger partial charge on any atom is 0.0742 e. The van der Waals surface area contributed by atoms with Crippen LogP contribution in [-0.4, -0.2) is 0 Å². The molecular weight excluding hydrogens is 482 g/mol. The molecule has 0 spiro atoms. The third-order valence-corrected chi connectivity index (χ3v) is 8.30. The van der Waals surface area contributed by atoms with Crippen molar-refractivity contribution in [1.82, 2.24) is 0 Å². The van der Waals surface area contributed by atoms with E-state index in [-0.39, 0.29) is 0 Å². The maximum absolute atomic E-state index is 3.81. The molecule has 1 aliphatic heterocycles. The first kappa shape index (κ1) is 24.2. The van der Waals surface area contributed by atoms with Crippen LogP contribution in [0.4, 0.5) is 11.4 Å². The molecule has 0 amide bonds. The first-order valence-corrected chi connectivity index (χ1v) is 13.9. The van der Waals surface area contributed by atoms with E-state index in [1.54, 1.807) is 0 Å². The van der Waals surface area contributed by atoms with E-state index in [4.69, 9.17) is 0 Å². The van der Waals surface area contributed by atoms with Gasteiger partial charge in [-0.1, -0.05) is 132 Å². The zero-order chi connectivity index (χ0) is 27.1. The molecular formula is C39H31N. The molecule has 0 aliphatic carbocycles. The van der Waals surface area contributed by atoms with Crippen LogP contribution in [0.5, 0.6) is 0 Å². The van der Waals surface area contributed by atoms with Crippen molar-refractivity contribution in [2.24, 2.45) is 0 Å². The summed E-state index contributed by atoms with van der Waals surface area (Å²) < 4.78 is 0. The first-order valence-electron chi connectivity index (χ1n) is 13.9. The first-order chi connectivity index (χ1) is 19.6. The van der Waals surface area contributed by atoms with E-state index < -0.39 is 5.41 Å². The molecule has 0 saturated heterocycles. The number of fused-ring (bicyclic) bond motifs is 2. The molecule has 0 aromatic heterocycles. The lowest BCUT2D eigenvalue weighted by molar-refractivity contribution is 0.741. The van der Waals surface area contributed by atoms with E-state index in [1.165, 1.54) is 55.6 Å². The number of aryl methyl sites for hydroxylation is 2. The molecule has 192 valence electrons. The molecule has 0 radical (unpaired) electrons. The fourth-order valence-electron chi connectivity index (χ4n) is 6.23. The third kappa shape index (κ3) is 3.94. The molecule has 1 aliphatic rings. The van der Waals surface area contributed by atoms with Gasteiger partial charge in [0.05, 0.1) is 5.41 Å². The van der Waals surface area contributed by atoms with Gasteiger partial charge in [-0.3, -0.25) is 0 Å². The topological polar surface area (TPSA) is 12.0 Å². The Bertz CT molecular complexity index is 1660. The van der Waals surface area contributed by atoms with E-state index in [0.29, 0.717) is 0 Å². The van der Waals surface area contributed by atoms with Crippen LogP contribution in [0.3, 0.4) is 0 Å². The Labute approximate surface area is 236 Å². The summed E-state index contributed by atoms with van der Waals surface area (Å²) in [4.78, 5) is 0. The van der Waals surface area contributed by atoms with Crippen LogP contribution < -0.4 is 5.32 Å². The Kier molecular flexibility index (Phi) is 5.86. The third-order valence-electron chi connectivity index (χ3n) is 8.30. The molecule has 1 nitrogen and oxygen atoms in total. The minimum Gasteiger partial charge on any atom is -0.355 e. The standard InChI is InChI=1S/C39H31N/c1-27-13-17-29(18-14-27)31-21-23-37-35(25-31)39(33-9-5-3-6-10-33,34-11-7-4-8-12-34)36-26-32(22-24-38(36)40-37)30-19-15-28(2)16-20-30/h3-26,40H,1-2H3. The maximum atomic E-state index is 3.81. The van der Waals surface area contributed by atoms with Crippen molar-refractivity contribution in [3.63, 3.8) is 0 Å². The van der Waals surface area contributed by atoms with Crippen LogP contribution in [0.1, 0.15) is 33.4 Å². The molecule has 1 heterocycles. The molecule has 1 N–H and O–H groups in total. The van der Waals surface area contributed by atoms with Crippen molar-refractivity contribution in [2.75, 3.05) is 5.32 Å². The lowest BCUT2D eigenvalue weighted by Crippen LogP contribution is -2.35. The fraction of sp³-hybridized carbons (Fsp3) is 0.0769. The monoisotopic (exact) mass is 513 g/mol. The summed E-state index contributed by atoms with van der Waals surface area (Å²) in [6.07, 6.45) is 0. The molecule has 0 saturated carbocycles. The SMILES string of the molecule is Cc1ccc(-c2ccc3c(c2)C(c2ccccc2)(c2ccccc2)c2cc(-c4ccc(C)cc4)ccc2N3)cc1. The van der Waals surface area contributed by atoms with Gasteiger partial charge in [-0.2, -0.15) is 0 Å². The van der Waals surface area contributed by atoms with E-state index >= 15 is 0 Å². The van der Waals surface area contributed by atoms with Gasteiger partial charge < -0.3 is 5.32 Å². The Morgan fingerprint density at radius 2 is 0.775 bits per heavy atom. The van der Waals surface area contributed by atoms with E-state index in [1.807, 2.05) is 0 Å². The second kappa shape index (κ2) is 9.70. The smallest absolute Gasteiger partial charge is 0.0742 e. The zero-order valence-corrected chi connectivity index (χ0v) is 22.9. The van der Waals surface area contributed by atoms with E-state index in [2.05, 4.69) is 165 Å². The van der Waals surface area contributed by atoms with Gasteiger partial charge in [0.1, 0.15) is 0 Å². The Morgan fingerprint density at radius 3 is 1.18 bits per heavy atom. The average Bonchev–Trinajstić information content (AvgIpc) is 3.01. The van der Waals surface area contributed by atoms with Crippen molar-refractivity contribution in [3.8, 4) is 22.3 Å². The predicted molar refractivity (Wildman–Crippen MR) is 168 cm³/mol. The van der Waals surface area contributed by atoms with Gasteiger partial charge in [0.15, 0.2) is 0 Å². The second-order valence-electron chi connectivity index (χ2n) is 10.9. The van der Waals surface area contributed by atoms with Gasteiger partial charge in [0, 0.05) is 11.4 Å². The zero-order valence-electron chi connectivity index (χ0n) is 22.9. The molecule has 0 bridgehead atoms. The molecule has 1 heteroatoms. The highest BCUT2D eigenvalue weighted by Gasteiger charge is 2.44. The number of nitrogens with one attached hydrogen (secondary N) is 1. The highest BCUT2D eigenvalue weighted by molar-refractivity contribution is 5.86. The summed E-state index contributed by atoms with van der Waals surface area (Å²) >= 11 is 0. The van der Waals surface area contributed by atoms with Crippen LogP contribution in [0.15, 0.2) is 146 Å². The molecule has 0 fully saturated rings. The second-order valence-corrected chi connectivity index (χ2v) is 10.9. The predicted octanol–water partition coefficient (Wildman–Crippen LogP) is 10.1. The summed E-state index contributed by atoms with van der Waals surface area (Å²) in [5, 5.41) is 3.81. The van der Waals surface area contributed by atoms with Gasteiger partial charge >= 0.3 is 0 Å². The molecule has 6 aromatic carbocycles. The minimum atomic E-state index is -0.500. The largest absolute Gasteiger partial charge is 0.355 e. The summed E-state index contributed by atoms with van der Waals surface area (Å²) in [5.41, 5.74) is 14.2. The van der Waals surface area contributed by atoms with Crippen LogP contribution in [-0.2, 0) is 5.41 Å². The number of anilines is 2. The van der Waals surface area contributed by atoms with E-state index in [0.717, 1.165) is 11.4 Å². The van der Waals surface area contributed by atoms with Gasteiger partial charge in [-0.05, 0) is 82.6 Å². The van der Waals surface area contributed by atoms with Crippen LogP contribution >= 0.6 is 0 Å². The quantitative estimate of drug-likeness (QED) is 0.247. The van der Waals surface area contributed by atoms with Crippen LogP contribution in [0.2, 0.25) is 0 Å². The number of rotatable bonds is 4. The number of hydrogen-bond donors (Lipinski definition) is 1. The number of benzene rings is 6. The average molecular weight is 514 g/mol. The van der Waals surface area contributed by atoms with Crippen molar-refractivity contribution < 1.29 is 0 Å². The van der Waals surface area contributed by atoms with E-state index in [9.17, 15) is 0 Å². The van der Waals surface area contributed by atoms with Crippen LogP contribution in [0, 0.1) is 13.8 Å². The molecule has 6 aromatic rings. The minimum absolute atomic E-state index is 0.500. The normalized spacial score (nSPS) is 13.2. The van der Waals surface area contributed by atoms with Crippen LogP contribution in [0.25, 0.3) is 22.3 Å². The molecule has 0 unspecified atom stereocenters. The van der Waals surface area contributed by atoms with Crippen molar-refractivity contribution in [1.29, 1.82) is 0 Å². The summed E-state index contributed by atoms with van der Waals surface area (Å²) in [6, 6.07) is 53.4. The van der Waals surface area contributed by atoms with Gasteiger partial charge in [0.2, 0.25) is 0 Å². The highest BCUT2D eigenvalue weighted by Crippen LogP contribution is 2.54. The van der Waals surface area contributed by atoms with Crippen molar-refractivity contribution in [2.45, 2.75) is 19.3 Å². The molecule has 0 atom stereocenters. The Balaban J connectivity index is 1.56.